The number of rotatable bonds is 6. The zero-order valence-corrected chi connectivity index (χ0v) is 24.2. The van der Waals surface area contributed by atoms with Crippen molar-refractivity contribution in [2.75, 3.05) is 37.7 Å². The number of nitrogens with zero attached hydrogens (tertiary/aromatic N) is 3. The second-order valence-electron chi connectivity index (χ2n) is 12.7. The molecule has 0 bridgehead atoms. The molecular formula is C26H40F3N3O5Si. The van der Waals surface area contributed by atoms with E-state index in [1.54, 1.807) is 25.7 Å². The summed E-state index contributed by atoms with van der Waals surface area (Å²) in [4.78, 5) is 26.8. The predicted molar refractivity (Wildman–Crippen MR) is 143 cm³/mol. The molecule has 2 saturated heterocycles. The van der Waals surface area contributed by atoms with Crippen molar-refractivity contribution in [2.45, 2.75) is 83.9 Å². The largest absolute Gasteiger partial charge is 0.493 e. The first-order chi connectivity index (χ1) is 17.4. The average molecular weight is 560 g/mol. The molecule has 0 atom stereocenters. The van der Waals surface area contributed by atoms with E-state index in [1.165, 1.54) is 4.90 Å². The summed E-state index contributed by atoms with van der Waals surface area (Å²) < 4.78 is 54.6. The first kappa shape index (κ1) is 30.0. The highest BCUT2D eigenvalue weighted by atomic mass is 28.3. The Hall–Kier alpha value is -2.50. The first-order valence-electron chi connectivity index (χ1n) is 13.2. The number of carbonyl (C=O) groups excluding carboxylic acids is 1. The Morgan fingerprint density at radius 3 is 2.26 bits per heavy atom. The maximum atomic E-state index is 14.5. The van der Waals surface area contributed by atoms with Crippen LogP contribution in [-0.2, 0) is 10.9 Å². The van der Waals surface area contributed by atoms with Gasteiger partial charge in [-0.15, -0.1) is 0 Å². The van der Waals surface area contributed by atoms with Crippen molar-refractivity contribution in [2.24, 2.45) is 5.41 Å². The molecule has 1 aromatic carbocycles. The van der Waals surface area contributed by atoms with Gasteiger partial charge >= 0.3 is 12.3 Å². The number of amides is 1. The third kappa shape index (κ3) is 7.54. The van der Waals surface area contributed by atoms with Crippen molar-refractivity contribution in [3.05, 3.63) is 27.8 Å². The smallest absolute Gasteiger partial charge is 0.422 e. The van der Waals surface area contributed by atoms with Crippen LogP contribution in [0.3, 0.4) is 0 Å². The van der Waals surface area contributed by atoms with Gasteiger partial charge in [-0.25, -0.2) is 4.79 Å². The molecule has 12 heteroatoms. The molecule has 2 aliphatic heterocycles. The minimum absolute atomic E-state index is 0.125. The van der Waals surface area contributed by atoms with Crippen LogP contribution < -0.4 is 9.64 Å². The van der Waals surface area contributed by atoms with Crippen LogP contribution in [0.1, 0.15) is 52.0 Å². The lowest BCUT2D eigenvalue weighted by Gasteiger charge is -2.48. The van der Waals surface area contributed by atoms with Gasteiger partial charge in [0.15, 0.2) is 0 Å². The first-order valence-corrected chi connectivity index (χ1v) is 16.9. The Kier molecular flexibility index (Phi) is 8.65. The van der Waals surface area contributed by atoms with Crippen LogP contribution >= 0.6 is 0 Å². The summed E-state index contributed by atoms with van der Waals surface area (Å²) in [6.45, 7) is 13.2. The van der Waals surface area contributed by atoms with Crippen molar-refractivity contribution < 1.29 is 32.4 Å². The van der Waals surface area contributed by atoms with Gasteiger partial charge < -0.3 is 19.3 Å². The van der Waals surface area contributed by atoms with Crippen molar-refractivity contribution in [3.8, 4) is 5.75 Å². The topological polar surface area (TPSA) is 85.2 Å². The minimum Gasteiger partial charge on any atom is -0.493 e. The number of benzene rings is 1. The van der Waals surface area contributed by atoms with Crippen LogP contribution in [0.25, 0.3) is 0 Å². The summed E-state index contributed by atoms with van der Waals surface area (Å²) >= 11 is 0. The molecule has 214 valence electrons. The molecule has 1 amide bonds. The summed E-state index contributed by atoms with van der Waals surface area (Å²) in [6, 6.07) is 2.87. The van der Waals surface area contributed by atoms with E-state index in [0.29, 0.717) is 38.4 Å². The summed E-state index contributed by atoms with van der Waals surface area (Å²) in [7, 11) is -1.56. The van der Waals surface area contributed by atoms with Gasteiger partial charge in [-0.1, -0.05) is 19.6 Å². The molecule has 3 rings (SSSR count). The van der Waals surface area contributed by atoms with Crippen LogP contribution in [0.15, 0.2) is 12.1 Å². The lowest BCUT2D eigenvalue weighted by Crippen LogP contribution is -2.51. The fraction of sp³-hybridized carbons (Fsp3) is 0.731. The minimum atomic E-state index is -4.83. The summed E-state index contributed by atoms with van der Waals surface area (Å²) in [5, 5.41) is 11.9. The number of carbonyl (C=O) groups is 1. The van der Waals surface area contributed by atoms with Gasteiger partial charge in [-0.2, -0.15) is 13.2 Å². The highest BCUT2D eigenvalue weighted by Crippen LogP contribution is 2.50. The number of ether oxygens (including phenoxy) is 2. The molecule has 8 nitrogen and oxygen atoms in total. The standard InChI is InChI=1S/C26H40F3N3O5Si/c1-24(2,3)37-23(33)30-14-11-25(12-15-30)10-7-13-31(18-25)22-19(32(34)35)8-9-20(21(22)26(27,28)29)36-16-17-38(4,5)6/h8-9H,7,10-18H2,1-6H3. The van der Waals surface area contributed by atoms with Crippen LogP contribution in [-0.4, -0.2) is 62.4 Å². The van der Waals surface area contributed by atoms with Crippen molar-refractivity contribution >= 4 is 25.5 Å². The normalized spacial score (nSPS) is 18.4. The quantitative estimate of drug-likeness (QED) is 0.213. The Morgan fingerprint density at radius 1 is 1.11 bits per heavy atom. The van der Waals surface area contributed by atoms with E-state index in [4.69, 9.17) is 9.47 Å². The number of alkyl halides is 3. The van der Waals surface area contributed by atoms with Gasteiger partial charge in [-0.05, 0) is 64.0 Å². The predicted octanol–water partition coefficient (Wildman–Crippen LogP) is 6.95. The molecule has 2 heterocycles. The highest BCUT2D eigenvalue weighted by molar-refractivity contribution is 6.76. The molecule has 2 fully saturated rings. The van der Waals surface area contributed by atoms with E-state index in [1.807, 2.05) is 0 Å². The Morgan fingerprint density at radius 2 is 1.74 bits per heavy atom. The van der Waals surface area contributed by atoms with Crippen molar-refractivity contribution in [1.29, 1.82) is 0 Å². The molecule has 2 aliphatic rings. The number of anilines is 1. The zero-order valence-electron chi connectivity index (χ0n) is 23.2. The van der Waals surface area contributed by atoms with Crippen molar-refractivity contribution in [1.82, 2.24) is 4.90 Å². The summed E-state index contributed by atoms with van der Waals surface area (Å²) in [5.74, 6) is -0.365. The van der Waals surface area contributed by atoms with E-state index in [9.17, 15) is 28.1 Å². The van der Waals surface area contributed by atoms with Crippen LogP contribution in [0.4, 0.5) is 29.3 Å². The van der Waals surface area contributed by atoms with E-state index in [2.05, 4.69) is 19.6 Å². The number of nitro benzene ring substituents is 1. The molecule has 38 heavy (non-hydrogen) atoms. The molecule has 0 saturated carbocycles. The van der Waals surface area contributed by atoms with Crippen molar-refractivity contribution in [3.63, 3.8) is 0 Å². The van der Waals surface area contributed by atoms with Gasteiger partial charge in [0.2, 0.25) is 0 Å². The SMILES string of the molecule is CC(C)(C)OC(=O)N1CCC2(CCCN(c3c([N+](=O)[O-])ccc(OCC[Si](C)(C)C)c3C(F)(F)F)C2)CC1. The molecule has 0 radical (unpaired) electrons. The number of nitro groups is 1. The maximum Gasteiger partial charge on any atom is 0.422 e. The Balaban J connectivity index is 1.90. The number of hydrogen-bond acceptors (Lipinski definition) is 6. The van der Waals surface area contributed by atoms with E-state index < -0.39 is 47.8 Å². The van der Waals surface area contributed by atoms with Crippen LogP contribution in [0.5, 0.6) is 5.75 Å². The second kappa shape index (κ2) is 10.9. The average Bonchev–Trinajstić information content (AvgIpc) is 2.76. The van der Waals surface area contributed by atoms with Gasteiger partial charge in [0.25, 0.3) is 5.69 Å². The van der Waals surface area contributed by atoms with Crippen LogP contribution in [0, 0.1) is 15.5 Å². The molecule has 0 N–H and O–H groups in total. The maximum absolute atomic E-state index is 14.5. The molecular weight excluding hydrogens is 519 g/mol. The third-order valence-electron chi connectivity index (χ3n) is 7.16. The van der Waals surface area contributed by atoms with E-state index >= 15 is 0 Å². The highest BCUT2D eigenvalue weighted by Gasteiger charge is 2.46. The molecule has 0 aromatic heterocycles. The fourth-order valence-corrected chi connectivity index (χ4v) is 5.90. The number of halogens is 3. The fourth-order valence-electron chi connectivity index (χ4n) is 5.19. The number of hydrogen-bond donors (Lipinski definition) is 0. The molecule has 0 aliphatic carbocycles. The zero-order chi connectivity index (χ0) is 28.5. The van der Waals surface area contributed by atoms with E-state index in [-0.39, 0.29) is 30.9 Å². The Labute approximate surface area is 223 Å². The van der Waals surface area contributed by atoms with Gasteiger partial charge in [0.1, 0.15) is 22.6 Å². The van der Waals surface area contributed by atoms with Crippen LogP contribution in [0.2, 0.25) is 25.7 Å². The molecule has 1 aromatic rings. The van der Waals surface area contributed by atoms with Gasteiger partial charge in [0, 0.05) is 40.3 Å². The van der Waals surface area contributed by atoms with Gasteiger partial charge in [0.05, 0.1) is 11.5 Å². The summed E-state index contributed by atoms with van der Waals surface area (Å²) in [6.07, 6.45) is -2.68. The number of likely N-dealkylation sites (tertiary alicyclic amines) is 1. The third-order valence-corrected chi connectivity index (χ3v) is 8.87. The molecule has 1 spiro atoms. The van der Waals surface area contributed by atoms with Gasteiger partial charge in [-0.3, -0.25) is 10.1 Å². The number of piperidine rings is 2. The van der Waals surface area contributed by atoms with E-state index in [0.717, 1.165) is 18.6 Å². The Bertz CT molecular complexity index is 1030. The lowest BCUT2D eigenvalue weighted by molar-refractivity contribution is -0.384. The second-order valence-corrected chi connectivity index (χ2v) is 18.3. The summed E-state index contributed by atoms with van der Waals surface area (Å²) in [5.41, 5.74) is -3.03. The lowest BCUT2D eigenvalue weighted by atomic mass is 9.72. The monoisotopic (exact) mass is 559 g/mol. The molecule has 0 unspecified atom stereocenters.